The lowest BCUT2D eigenvalue weighted by Crippen LogP contribution is -2.61. The molecule has 0 aromatic heterocycles. The SMILES string of the molecule is CC1=C(/C=C/C(C)=C/C=C/C(C)=C/C=C/C=C(C)/C=C/C=C(C)/C=C/C2=C(C)C(=O)[C@@H](O)CC2(C)C)C(C)(C)C[C@@H]([C@@H]2O[C@H](CO)[C@@H](O)[C@H](O)[C@H]2O)C1=O. The zero-order valence-electron chi connectivity index (χ0n) is 33.7. The van der Waals surface area contributed by atoms with Gasteiger partial charge in [-0.05, 0) is 87.5 Å². The molecule has 3 aliphatic rings. The van der Waals surface area contributed by atoms with E-state index < -0.39 is 54.6 Å². The second kappa shape index (κ2) is 19.2. The van der Waals surface area contributed by atoms with Crippen LogP contribution in [0.1, 0.15) is 82.1 Å². The molecule has 1 heterocycles. The van der Waals surface area contributed by atoms with Gasteiger partial charge in [0.2, 0.25) is 0 Å². The summed E-state index contributed by atoms with van der Waals surface area (Å²) in [5, 5.41) is 50.8. The lowest BCUT2D eigenvalue weighted by atomic mass is 9.65. The van der Waals surface area contributed by atoms with Crippen molar-refractivity contribution < 1.29 is 39.9 Å². The van der Waals surface area contributed by atoms with Crippen LogP contribution in [0.15, 0.2) is 130 Å². The first-order valence-corrected chi connectivity index (χ1v) is 18.8. The number of rotatable bonds is 12. The van der Waals surface area contributed by atoms with Crippen molar-refractivity contribution in [2.75, 3.05) is 6.61 Å². The highest BCUT2D eigenvalue weighted by Gasteiger charge is 2.51. The molecule has 0 aromatic rings. The maximum atomic E-state index is 13.5. The van der Waals surface area contributed by atoms with E-state index >= 15 is 0 Å². The Kier molecular flexibility index (Phi) is 15.9. The van der Waals surface area contributed by atoms with E-state index in [2.05, 4.69) is 13.8 Å². The van der Waals surface area contributed by atoms with E-state index in [1.165, 1.54) is 0 Å². The summed E-state index contributed by atoms with van der Waals surface area (Å²) in [6.07, 6.45) is 21.4. The lowest BCUT2D eigenvalue weighted by molar-refractivity contribution is -0.241. The molecular weight excluding hydrogens is 680 g/mol. The van der Waals surface area contributed by atoms with Gasteiger partial charge in [0.25, 0.3) is 0 Å². The van der Waals surface area contributed by atoms with Crippen molar-refractivity contribution in [3.8, 4) is 0 Å². The minimum atomic E-state index is -1.52. The quantitative estimate of drug-likeness (QED) is 0.135. The van der Waals surface area contributed by atoms with E-state index in [1.54, 1.807) is 13.8 Å². The van der Waals surface area contributed by atoms with E-state index in [4.69, 9.17) is 4.74 Å². The zero-order chi connectivity index (χ0) is 40.5. The van der Waals surface area contributed by atoms with E-state index in [1.807, 2.05) is 127 Å². The van der Waals surface area contributed by atoms with Crippen molar-refractivity contribution in [3.05, 3.63) is 130 Å². The molecule has 0 radical (unpaired) electrons. The Hall–Kier alpha value is -3.76. The summed E-state index contributed by atoms with van der Waals surface area (Å²) in [7, 11) is 0. The Bertz CT molecular complexity index is 1750. The Morgan fingerprint density at radius 1 is 0.630 bits per heavy atom. The lowest BCUT2D eigenvalue weighted by Gasteiger charge is -2.46. The summed E-state index contributed by atoms with van der Waals surface area (Å²) in [5.41, 5.74) is 6.57. The molecule has 0 saturated carbocycles. The van der Waals surface area contributed by atoms with Gasteiger partial charge in [0, 0.05) is 0 Å². The van der Waals surface area contributed by atoms with Crippen LogP contribution in [0.4, 0.5) is 0 Å². The zero-order valence-corrected chi connectivity index (χ0v) is 33.7. The molecule has 5 N–H and O–H groups in total. The number of ether oxygens (including phenoxy) is 1. The predicted octanol–water partition coefficient (Wildman–Crippen LogP) is 7.00. The van der Waals surface area contributed by atoms with Crippen LogP contribution in [0.2, 0.25) is 0 Å². The first-order valence-electron chi connectivity index (χ1n) is 18.8. The van der Waals surface area contributed by atoms with Crippen molar-refractivity contribution in [3.63, 3.8) is 0 Å². The standard InChI is InChI=1S/C46H62O8/c1-28(15-11-12-16-29(2)18-14-20-31(4)22-24-36-33(6)40(50)37(48)26-46(36,9)10)17-13-19-30(3)21-23-35-32(5)39(49)34(25-45(35,7)8)44-43(53)42(52)41(51)38(27-47)54-44/h11-24,34,37-38,41-44,47-48,51-53H,25-27H2,1-10H3/b12-11+,17-13+,18-14+,23-21+,24-22+,28-15+,29-16+,30-19+,31-20+/t34-,37+,38-,41-,42+,43-,44+/m1/s1. The summed E-state index contributed by atoms with van der Waals surface area (Å²) in [6.45, 7) is 19.3. The van der Waals surface area contributed by atoms with Gasteiger partial charge in [0.1, 0.15) is 30.5 Å². The number of carbonyl (C=O) groups excluding carboxylic acids is 2. The molecule has 294 valence electrons. The topological polar surface area (TPSA) is 145 Å². The largest absolute Gasteiger partial charge is 0.394 e. The van der Waals surface area contributed by atoms with Crippen molar-refractivity contribution in [1.29, 1.82) is 0 Å². The minimum Gasteiger partial charge on any atom is -0.394 e. The molecule has 0 aromatic carbocycles. The molecule has 0 spiro atoms. The smallest absolute Gasteiger partial charge is 0.187 e. The third kappa shape index (κ3) is 11.4. The van der Waals surface area contributed by atoms with Crippen LogP contribution in [-0.2, 0) is 14.3 Å². The second-order valence-electron chi connectivity index (χ2n) is 16.3. The van der Waals surface area contributed by atoms with Gasteiger partial charge in [-0.3, -0.25) is 9.59 Å². The predicted molar refractivity (Wildman–Crippen MR) is 216 cm³/mol. The maximum Gasteiger partial charge on any atom is 0.187 e. The van der Waals surface area contributed by atoms with E-state index in [0.717, 1.165) is 33.4 Å². The fraction of sp³-hybridized carbons (Fsp3) is 0.478. The van der Waals surface area contributed by atoms with Gasteiger partial charge in [-0.25, -0.2) is 0 Å². The third-order valence-electron chi connectivity index (χ3n) is 10.7. The first-order chi connectivity index (χ1) is 25.2. The third-order valence-corrected chi connectivity index (χ3v) is 10.7. The molecule has 0 unspecified atom stereocenters. The van der Waals surface area contributed by atoms with E-state index in [0.29, 0.717) is 24.0 Å². The summed E-state index contributed by atoms with van der Waals surface area (Å²) < 4.78 is 5.76. The van der Waals surface area contributed by atoms with Crippen molar-refractivity contribution in [1.82, 2.24) is 0 Å². The number of aliphatic hydroxyl groups excluding tert-OH is 5. The molecule has 8 nitrogen and oxygen atoms in total. The minimum absolute atomic E-state index is 0.180. The van der Waals surface area contributed by atoms with Crippen LogP contribution >= 0.6 is 0 Å². The Morgan fingerprint density at radius 2 is 1.06 bits per heavy atom. The van der Waals surface area contributed by atoms with Crippen LogP contribution in [0.3, 0.4) is 0 Å². The number of hydrogen-bond donors (Lipinski definition) is 5. The van der Waals surface area contributed by atoms with Gasteiger partial charge >= 0.3 is 0 Å². The average Bonchev–Trinajstić information content (AvgIpc) is 3.09. The number of aliphatic hydroxyl groups is 5. The van der Waals surface area contributed by atoms with Gasteiger partial charge < -0.3 is 30.3 Å². The Balaban J connectivity index is 1.58. The molecule has 3 rings (SSSR count). The Morgan fingerprint density at radius 3 is 1.54 bits per heavy atom. The van der Waals surface area contributed by atoms with Crippen LogP contribution in [0.5, 0.6) is 0 Å². The monoisotopic (exact) mass is 742 g/mol. The highest BCUT2D eigenvalue weighted by molar-refractivity contribution is 6.00. The van der Waals surface area contributed by atoms with E-state index in [9.17, 15) is 35.1 Å². The summed E-state index contributed by atoms with van der Waals surface area (Å²) >= 11 is 0. The van der Waals surface area contributed by atoms with Crippen LogP contribution in [0.25, 0.3) is 0 Å². The molecular formula is C46H62O8. The number of hydrogen-bond acceptors (Lipinski definition) is 8. The Labute approximate surface area is 322 Å². The van der Waals surface area contributed by atoms with Crippen LogP contribution < -0.4 is 0 Å². The molecule has 1 aliphatic heterocycles. The highest BCUT2D eigenvalue weighted by atomic mass is 16.5. The second-order valence-corrected chi connectivity index (χ2v) is 16.3. The van der Waals surface area contributed by atoms with Gasteiger partial charge in [-0.1, -0.05) is 135 Å². The molecule has 0 bridgehead atoms. The number of allylic oxidation sites excluding steroid dienone is 21. The van der Waals surface area contributed by atoms with Crippen molar-refractivity contribution in [2.45, 2.75) is 119 Å². The van der Waals surface area contributed by atoms with Gasteiger partial charge in [-0.15, -0.1) is 0 Å². The van der Waals surface area contributed by atoms with Gasteiger partial charge in [0.05, 0.1) is 18.6 Å². The van der Waals surface area contributed by atoms with Crippen LogP contribution in [-0.4, -0.2) is 80.3 Å². The fourth-order valence-corrected chi connectivity index (χ4v) is 7.45. The highest BCUT2D eigenvalue weighted by Crippen LogP contribution is 2.45. The fourth-order valence-electron chi connectivity index (χ4n) is 7.45. The normalized spacial score (nSPS) is 30.8. The van der Waals surface area contributed by atoms with Crippen molar-refractivity contribution >= 4 is 11.6 Å². The number of Topliss-reactive ketones (excluding diaryl/α,β-unsaturated/α-hetero) is 2. The van der Waals surface area contributed by atoms with E-state index in [-0.39, 0.29) is 17.0 Å². The molecule has 7 atom stereocenters. The van der Waals surface area contributed by atoms with Crippen molar-refractivity contribution in [2.24, 2.45) is 16.7 Å². The van der Waals surface area contributed by atoms with Gasteiger partial charge in [0.15, 0.2) is 11.6 Å². The average molecular weight is 743 g/mol. The first kappa shape index (κ1) is 44.6. The summed E-state index contributed by atoms with van der Waals surface area (Å²) in [4.78, 5) is 25.8. The molecule has 1 fully saturated rings. The molecule has 54 heavy (non-hydrogen) atoms. The van der Waals surface area contributed by atoms with Gasteiger partial charge in [-0.2, -0.15) is 0 Å². The molecule has 2 aliphatic carbocycles. The molecule has 0 amide bonds. The maximum absolute atomic E-state index is 13.5. The van der Waals surface area contributed by atoms with Crippen LogP contribution in [0, 0.1) is 16.7 Å². The number of ketones is 2. The number of carbonyl (C=O) groups is 2. The molecule has 8 heteroatoms. The summed E-state index contributed by atoms with van der Waals surface area (Å²) in [5.74, 6) is -1.09. The molecule has 1 saturated heterocycles. The summed E-state index contributed by atoms with van der Waals surface area (Å²) in [6, 6.07) is 0.